The molecule has 0 amide bonds. The Hall–Kier alpha value is -2.62. The quantitative estimate of drug-likeness (QED) is 0.676. The molecule has 1 aromatic heterocycles. The highest BCUT2D eigenvalue weighted by molar-refractivity contribution is 5.80. The second-order valence-electron chi connectivity index (χ2n) is 4.27. The van der Waals surface area contributed by atoms with Crippen molar-refractivity contribution in [3.8, 4) is 0 Å². The van der Waals surface area contributed by atoms with Crippen LogP contribution in [0.5, 0.6) is 0 Å². The van der Waals surface area contributed by atoms with Crippen molar-refractivity contribution in [1.29, 1.82) is 0 Å². The molecule has 0 saturated carbocycles. The summed E-state index contributed by atoms with van der Waals surface area (Å²) < 4.78 is 1.02. The first-order valence-electron chi connectivity index (χ1n) is 6.03. The zero-order valence-corrected chi connectivity index (χ0v) is 10.5. The van der Waals surface area contributed by atoms with Crippen LogP contribution < -0.4 is 5.62 Å². The number of benzene rings is 2. The number of fused-ring (bicyclic) bond motifs is 1. The molecule has 0 fully saturated rings. The predicted molar refractivity (Wildman–Crippen MR) is 73.3 cm³/mol. The molecule has 4 nitrogen and oxygen atoms in total. The molecule has 94 valence electrons. The number of aromatic nitrogens is 2. The molecule has 19 heavy (non-hydrogen) atoms. The van der Waals surface area contributed by atoms with Gasteiger partial charge in [0.05, 0.1) is 16.9 Å². The van der Waals surface area contributed by atoms with Crippen LogP contribution in [0.4, 0.5) is 5.69 Å². The predicted octanol–water partition coefficient (Wildman–Crippen LogP) is 2.81. The lowest BCUT2D eigenvalue weighted by Crippen LogP contribution is -2.24. The molecule has 0 unspecified atom stereocenters. The summed E-state index contributed by atoms with van der Waals surface area (Å²) >= 11 is 0. The van der Waals surface area contributed by atoms with Crippen LogP contribution in [-0.4, -0.2) is 14.9 Å². The van der Waals surface area contributed by atoms with Gasteiger partial charge in [-0.2, -0.15) is 4.73 Å². The van der Waals surface area contributed by atoms with Gasteiger partial charge in [-0.3, -0.25) is 0 Å². The zero-order valence-electron chi connectivity index (χ0n) is 10.5. The van der Waals surface area contributed by atoms with Gasteiger partial charge in [0.25, 0.3) is 5.62 Å². The first kappa shape index (κ1) is 11.5. The van der Waals surface area contributed by atoms with E-state index >= 15 is 0 Å². The number of para-hydroxylation sites is 2. The molecule has 1 N–H and O–H groups in total. The normalized spacial score (nSPS) is 11.9. The minimum atomic E-state index is 0.280. The van der Waals surface area contributed by atoms with Gasteiger partial charge in [-0.05, 0) is 25.1 Å². The van der Waals surface area contributed by atoms with E-state index in [-0.39, 0.29) is 5.62 Å². The number of rotatable bonds is 1. The summed E-state index contributed by atoms with van der Waals surface area (Å²) in [4.78, 5) is 8.73. The van der Waals surface area contributed by atoms with Crippen molar-refractivity contribution in [2.75, 3.05) is 0 Å². The summed E-state index contributed by atoms with van der Waals surface area (Å²) in [5.74, 6) is 0. The number of nitrogens with zero attached hydrogens (tertiary/aromatic N) is 3. The molecule has 0 bridgehead atoms. The van der Waals surface area contributed by atoms with Crippen LogP contribution in [0, 0.1) is 6.92 Å². The maximum absolute atomic E-state index is 10.1. The molecular formula is C15H13N3O. The lowest BCUT2D eigenvalue weighted by atomic mass is 10.2. The van der Waals surface area contributed by atoms with E-state index in [4.69, 9.17) is 0 Å². The van der Waals surface area contributed by atoms with Crippen LogP contribution >= 0.6 is 0 Å². The van der Waals surface area contributed by atoms with Gasteiger partial charge in [-0.1, -0.05) is 36.4 Å². The Bertz CT molecular complexity index is 791. The Morgan fingerprint density at radius 1 is 1.00 bits per heavy atom. The van der Waals surface area contributed by atoms with Crippen LogP contribution in [0.25, 0.3) is 10.9 Å². The molecule has 0 atom stereocenters. The third kappa shape index (κ3) is 2.08. The van der Waals surface area contributed by atoms with Crippen LogP contribution in [0.3, 0.4) is 0 Å². The first-order valence-corrected chi connectivity index (χ1v) is 6.03. The van der Waals surface area contributed by atoms with Gasteiger partial charge in [-0.25, -0.2) is 9.98 Å². The summed E-state index contributed by atoms with van der Waals surface area (Å²) in [6, 6.07) is 17.1. The topological polar surface area (TPSA) is 50.4 Å². The largest absolute Gasteiger partial charge is 0.425 e. The molecule has 0 aliphatic rings. The summed E-state index contributed by atoms with van der Waals surface area (Å²) in [5, 5.41) is 11.0. The smallest absolute Gasteiger partial charge is 0.264 e. The third-order valence-electron chi connectivity index (χ3n) is 3.01. The molecule has 4 heteroatoms. The minimum Gasteiger partial charge on any atom is -0.425 e. The van der Waals surface area contributed by atoms with E-state index in [0.717, 1.165) is 27.0 Å². The SMILES string of the molecule is Cc1c2ccccc2nc(=Nc2ccccc2)n1O. The van der Waals surface area contributed by atoms with Crippen LogP contribution in [0.1, 0.15) is 5.69 Å². The average Bonchev–Trinajstić information content (AvgIpc) is 2.46. The Labute approximate surface area is 110 Å². The van der Waals surface area contributed by atoms with Crippen molar-refractivity contribution in [2.45, 2.75) is 6.92 Å². The van der Waals surface area contributed by atoms with Gasteiger partial charge >= 0.3 is 0 Å². The van der Waals surface area contributed by atoms with Gasteiger partial charge in [0.1, 0.15) is 0 Å². The standard InChI is InChI=1S/C15H13N3O/c1-11-13-9-5-6-10-14(13)17-15(18(11)19)16-12-7-3-2-4-8-12/h2-10,19H,1H3. The number of aryl methyl sites for hydroxylation is 1. The van der Waals surface area contributed by atoms with Crippen molar-refractivity contribution in [2.24, 2.45) is 4.99 Å². The average molecular weight is 251 g/mol. The van der Waals surface area contributed by atoms with Crippen molar-refractivity contribution < 1.29 is 5.21 Å². The molecule has 0 aliphatic carbocycles. The lowest BCUT2D eigenvalue weighted by Gasteiger charge is -2.06. The van der Waals surface area contributed by atoms with Crippen molar-refractivity contribution in [3.63, 3.8) is 0 Å². The summed E-state index contributed by atoms with van der Waals surface area (Å²) in [7, 11) is 0. The Kier molecular flexibility index (Phi) is 2.76. The van der Waals surface area contributed by atoms with Gasteiger partial charge in [0.15, 0.2) is 0 Å². The van der Waals surface area contributed by atoms with Gasteiger partial charge < -0.3 is 5.21 Å². The van der Waals surface area contributed by atoms with E-state index in [1.54, 1.807) is 0 Å². The van der Waals surface area contributed by atoms with E-state index in [9.17, 15) is 5.21 Å². The molecule has 0 radical (unpaired) electrons. The Morgan fingerprint density at radius 3 is 2.47 bits per heavy atom. The van der Waals surface area contributed by atoms with Gasteiger partial charge in [-0.15, -0.1) is 0 Å². The fourth-order valence-corrected chi connectivity index (χ4v) is 1.99. The number of hydrogen-bond donors (Lipinski definition) is 1. The van der Waals surface area contributed by atoms with Crippen molar-refractivity contribution in [1.82, 2.24) is 9.71 Å². The monoisotopic (exact) mass is 251 g/mol. The van der Waals surface area contributed by atoms with Gasteiger partial charge in [0.2, 0.25) is 0 Å². The van der Waals surface area contributed by atoms with Crippen LogP contribution in [-0.2, 0) is 0 Å². The van der Waals surface area contributed by atoms with Crippen molar-refractivity contribution in [3.05, 3.63) is 65.9 Å². The van der Waals surface area contributed by atoms with E-state index in [2.05, 4.69) is 9.98 Å². The summed E-state index contributed by atoms with van der Waals surface area (Å²) in [6.45, 7) is 1.84. The highest BCUT2D eigenvalue weighted by Crippen LogP contribution is 2.13. The van der Waals surface area contributed by atoms with Crippen LogP contribution in [0.2, 0.25) is 0 Å². The highest BCUT2D eigenvalue weighted by atomic mass is 16.5. The Balaban J connectivity index is 2.31. The minimum absolute atomic E-state index is 0.280. The summed E-state index contributed by atoms with van der Waals surface area (Å²) in [6.07, 6.45) is 0. The zero-order chi connectivity index (χ0) is 13.2. The summed E-state index contributed by atoms with van der Waals surface area (Å²) in [5.41, 5.74) is 2.58. The molecule has 0 saturated heterocycles. The Morgan fingerprint density at radius 2 is 1.68 bits per heavy atom. The molecule has 0 spiro atoms. The maximum Gasteiger partial charge on any atom is 0.264 e. The van der Waals surface area contributed by atoms with Crippen molar-refractivity contribution >= 4 is 16.6 Å². The second-order valence-corrected chi connectivity index (χ2v) is 4.27. The van der Waals surface area contributed by atoms with Gasteiger partial charge in [0, 0.05) is 5.39 Å². The molecule has 3 rings (SSSR count). The fraction of sp³-hybridized carbons (Fsp3) is 0.0667. The second kappa shape index (κ2) is 4.57. The molecule has 2 aromatic carbocycles. The molecule has 0 aliphatic heterocycles. The first-order chi connectivity index (χ1) is 9.25. The highest BCUT2D eigenvalue weighted by Gasteiger charge is 2.04. The van der Waals surface area contributed by atoms with E-state index in [0.29, 0.717) is 0 Å². The molecule has 1 heterocycles. The van der Waals surface area contributed by atoms with E-state index in [1.165, 1.54) is 0 Å². The lowest BCUT2D eigenvalue weighted by molar-refractivity contribution is 0.162. The van der Waals surface area contributed by atoms with E-state index in [1.807, 2.05) is 61.5 Å². The molecular weight excluding hydrogens is 238 g/mol. The van der Waals surface area contributed by atoms with Crippen LogP contribution in [0.15, 0.2) is 59.6 Å². The third-order valence-corrected chi connectivity index (χ3v) is 3.01. The maximum atomic E-state index is 10.1. The molecule has 3 aromatic rings. The number of hydrogen-bond acceptors (Lipinski definition) is 3. The fourth-order valence-electron chi connectivity index (χ4n) is 1.99. The van der Waals surface area contributed by atoms with E-state index < -0.39 is 0 Å².